The maximum atomic E-state index is 12.8. The number of fused-ring (bicyclic) bond motifs is 1. The lowest BCUT2D eigenvalue weighted by Gasteiger charge is -2.07. The second kappa shape index (κ2) is 7.27. The molecule has 29 heavy (non-hydrogen) atoms. The van der Waals surface area contributed by atoms with Crippen LogP contribution in [0.4, 0.5) is 5.82 Å². The second-order valence-electron chi connectivity index (χ2n) is 6.85. The number of carbonyl (C=O) groups excluding carboxylic acids is 1. The molecule has 0 radical (unpaired) electrons. The normalized spacial score (nSPS) is 10.9. The first-order valence-electron chi connectivity index (χ1n) is 9.09. The van der Waals surface area contributed by atoms with Gasteiger partial charge in [-0.3, -0.25) is 9.59 Å². The maximum Gasteiger partial charge on any atom is 0.260 e. The van der Waals surface area contributed by atoms with Gasteiger partial charge in [-0.15, -0.1) is 0 Å². The van der Waals surface area contributed by atoms with Gasteiger partial charge in [0.25, 0.3) is 11.5 Å². The molecule has 0 unspecified atom stereocenters. The molecule has 0 spiro atoms. The van der Waals surface area contributed by atoms with Crippen molar-refractivity contribution in [1.82, 2.24) is 14.1 Å². The summed E-state index contributed by atoms with van der Waals surface area (Å²) in [6.07, 6.45) is 4.97. The van der Waals surface area contributed by atoms with Crippen molar-refractivity contribution in [3.8, 4) is 11.5 Å². The molecule has 7 nitrogen and oxygen atoms in total. The van der Waals surface area contributed by atoms with E-state index in [2.05, 4.69) is 10.3 Å². The van der Waals surface area contributed by atoms with Gasteiger partial charge in [0, 0.05) is 26.5 Å². The second-order valence-corrected chi connectivity index (χ2v) is 6.85. The smallest absolute Gasteiger partial charge is 0.260 e. The fourth-order valence-electron chi connectivity index (χ4n) is 3.40. The molecule has 0 aliphatic rings. The van der Waals surface area contributed by atoms with Crippen LogP contribution >= 0.6 is 0 Å². The van der Waals surface area contributed by atoms with Gasteiger partial charge in [0.15, 0.2) is 0 Å². The molecule has 0 aliphatic carbocycles. The number of nitrogens with one attached hydrogen (secondary N) is 1. The van der Waals surface area contributed by atoms with Gasteiger partial charge in [0.1, 0.15) is 17.3 Å². The summed E-state index contributed by atoms with van der Waals surface area (Å²) in [4.78, 5) is 29.7. The van der Waals surface area contributed by atoms with E-state index in [1.54, 1.807) is 36.1 Å². The third-order valence-corrected chi connectivity index (χ3v) is 4.68. The van der Waals surface area contributed by atoms with Crippen molar-refractivity contribution < 1.29 is 9.53 Å². The maximum absolute atomic E-state index is 12.8. The summed E-state index contributed by atoms with van der Waals surface area (Å²) in [6.45, 7) is 1.91. The van der Waals surface area contributed by atoms with Crippen LogP contribution < -0.4 is 15.6 Å². The molecule has 1 amide bonds. The first-order chi connectivity index (χ1) is 13.9. The molecule has 3 aromatic heterocycles. The average Bonchev–Trinajstić information content (AvgIpc) is 3.06. The minimum atomic E-state index is -0.387. The summed E-state index contributed by atoms with van der Waals surface area (Å²) in [7, 11) is 3.50. The van der Waals surface area contributed by atoms with E-state index in [1.807, 2.05) is 44.3 Å². The number of hydrogen-bond acceptors (Lipinski definition) is 4. The molecule has 7 heteroatoms. The summed E-state index contributed by atoms with van der Waals surface area (Å²) < 4.78 is 8.99. The molecular weight excluding hydrogens is 368 g/mol. The summed E-state index contributed by atoms with van der Waals surface area (Å²) in [6, 6.07) is 12.7. The molecular formula is C22H20N4O3. The van der Waals surface area contributed by atoms with Crippen molar-refractivity contribution in [2.24, 2.45) is 14.1 Å². The van der Waals surface area contributed by atoms with E-state index in [1.165, 1.54) is 10.8 Å². The summed E-state index contributed by atoms with van der Waals surface area (Å²) in [5, 5.41) is 3.15. The van der Waals surface area contributed by atoms with Gasteiger partial charge in [-0.05, 0) is 36.8 Å². The number of carbonyl (C=O) groups is 1. The lowest BCUT2D eigenvalue weighted by molar-refractivity contribution is 0.102. The molecule has 4 rings (SSSR count). The zero-order chi connectivity index (χ0) is 20.5. The molecule has 3 heterocycles. The number of pyridine rings is 2. The van der Waals surface area contributed by atoms with Crippen molar-refractivity contribution >= 4 is 22.6 Å². The highest BCUT2D eigenvalue weighted by Gasteiger charge is 2.19. The van der Waals surface area contributed by atoms with Crippen LogP contribution in [-0.2, 0) is 14.1 Å². The van der Waals surface area contributed by atoms with E-state index in [0.717, 1.165) is 11.1 Å². The number of hydrogen-bond donors (Lipinski definition) is 1. The number of amides is 1. The van der Waals surface area contributed by atoms with Crippen LogP contribution in [0.2, 0.25) is 0 Å². The van der Waals surface area contributed by atoms with Gasteiger partial charge >= 0.3 is 0 Å². The van der Waals surface area contributed by atoms with Crippen molar-refractivity contribution in [2.75, 3.05) is 5.32 Å². The van der Waals surface area contributed by atoms with Crippen LogP contribution in [0.1, 0.15) is 15.9 Å². The Hall–Kier alpha value is -3.87. The Bertz CT molecular complexity index is 1260. The highest BCUT2D eigenvalue weighted by molar-refractivity contribution is 6.12. The standard InChI is InChI=1S/C22H20N4O3/c1-14-12-26(3)22(28)19-17(13-25(2)20(14)19)21(27)24-18-10-9-16(11-23-18)29-15-7-5-4-6-8-15/h4-13H,1-3H3,(H,23,24,27). The molecule has 0 saturated heterocycles. The number of benzene rings is 1. The summed E-state index contributed by atoms with van der Waals surface area (Å²) in [5.41, 5.74) is 1.77. The van der Waals surface area contributed by atoms with Gasteiger partial charge in [-0.2, -0.15) is 0 Å². The van der Waals surface area contributed by atoms with E-state index in [0.29, 0.717) is 28.3 Å². The molecule has 0 aliphatic heterocycles. The van der Waals surface area contributed by atoms with Gasteiger partial charge in [0.2, 0.25) is 0 Å². The number of anilines is 1. The fourth-order valence-corrected chi connectivity index (χ4v) is 3.40. The van der Waals surface area contributed by atoms with Crippen LogP contribution in [0.5, 0.6) is 11.5 Å². The van der Waals surface area contributed by atoms with Crippen LogP contribution in [-0.4, -0.2) is 20.0 Å². The third kappa shape index (κ3) is 3.50. The molecule has 0 fully saturated rings. The topological polar surface area (TPSA) is 78.2 Å². The number of para-hydroxylation sites is 1. The van der Waals surface area contributed by atoms with E-state index >= 15 is 0 Å². The molecule has 146 valence electrons. The lowest BCUT2D eigenvalue weighted by Crippen LogP contribution is -2.20. The summed E-state index contributed by atoms with van der Waals surface area (Å²) in [5.74, 6) is 1.25. The fraction of sp³-hybridized carbons (Fsp3) is 0.136. The van der Waals surface area contributed by atoms with Crippen molar-refractivity contribution in [3.05, 3.63) is 82.5 Å². The first-order valence-corrected chi connectivity index (χ1v) is 9.09. The minimum Gasteiger partial charge on any atom is -0.456 e. The lowest BCUT2D eigenvalue weighted by atomic mass is 10.1. The monoisotopic (exact) mass is 388 g/mol. The van der Waals surface area contributed by atoms with Crippen LogP contribution in [0.25, 0.3) is 10.9 Å². The molecule has 0 saturated carbocycles. The van der Waals surface area contributed by atoms with Crippen molar-refractivity contribution in [3.63, 3.8) is 0 Å². The Kier molecular flexibility index (Phi) is 4.64. The number of aromatic nitrogens is 3. The van der Waals surface area contributed by atoms with Crippen LogP contribution in [0, 0.1) is 6.92 Å². The predicted molar refractivity (Wildman–Crippen MR) is 112 cm³/mol. The number of ether oxygens (including phenoxy) is 1. The number of rotatable bonds is 4. The Morgan fingerprint density at radius 1 is 1.00 bits per heavy atom. The highest BCUT2D eigenvalue weighted by atomic mass is 16.5. The zero-order valence-corrected chi connectivity index (χ0v) is 16.3. The van der Waals surface area contributed by atoms with Gasteiger partial charge in [-0.25, -0.2) is 4.98 Å². The molecule has 0 atom stereocenters. The Morgan fingerprint density at radius 2 is 1.76 bits per heavy atom. The van der Waals surface area contributed by atoms with E-state index in [4.69, 9.17) is 4.74 Å². The highest BCUT2D eigenvalue weighted by Crippen LogP contribution is 2.23. The molecule has 4 aromatic rings. The van der Waals surface area contributed by atoms with Gasteiger partial charge in [-0.1, -0.05) is 18.2 Å². The molecule has 1 N–H and O–H groups in total. The Morgan fingerprint density at radius 3 is 2.45 bits per heavy atom. The minimum absolute atomic E-state index is 0.212. The van der Waals surface area contributed by atoms with Crippen molar-refractivity contribution in [1.29, 1.82) is 0 Å². The first kappa shape index (κ1) is 18.5. The van der Waals surface area contributed by atoms with E-state index < -0.39 is 0 Å². The SMILES string of the molecule is Cc1cn(C)c(=O)c2c(C(=O)Nc3ccc(Oc4ccccc4)cn3)cn(C)c12. The van der Waals surface area contributed by atoms with E-state index in [9.17, 15) is 9.59 Å². The van der Waals surface area contributed by atoms with Gasteiger partial charge in [0.05, 0.1) is 22.7 Å². The average molecular weight is 388 g/mol. The largest absolute Gasteiger partial charge is 0.456 e. The zero-order valence-electron chi connectivity index (χ0n) is 16.3. The number of nitrogens with zero attached hydrogens (tertiary/aromatic N) is 3. The van der Waals surface area contributed by atoms with E-state index in [-0.39, 0.29) is 11.5 Å². The van der Waals surface area contributed by atoms with Crippen LogP contribution in [0.15, 0.2) is 65.8 Å². The van der Waals surface area contributed by atoms with Crippen LogP contribution in [0.3, 0.4) is 0 Å². The van der Waals surface area contributed by atoms with Crippen molar-refractivity contribution in [2.45, 2.75) is 6.92 Å². The third-order valence-electron chi connectivity index (χ3n) is 4.68. The molecule has 0 bridgehead atoms. The molecule has 1 aromatic carbocycles. The van der Waals surface area contributed by atoms with Gasteiger partial charge < -0.3 is 19.2 Å². The predicted octanol–water partition coefficient (Wildman–Crippen LogP) is 3.63. The summed E-state index contributed by atoms with van der Waals surface area (Å²) >= 11 is 0. The number of aryl methyl sites for hydroxylation is 3. The quantitative estimate of drug-likeness (QED) is 0.579. The Balaban J connectivity index is 1.59. The Labute approximate surface area is 167 Å².